The third-order valence-electron chi connectivity index (χ3n) is 3.32. The summed E-state index contributed by atoms with van der Waals surface area (Å²) < 4.78 is 0. The molecule has 0 radical (unpaired) electrons. The molecule has 0 aliphatic rings. The van der Waals surface area contributed by atoms with Gasteiger partial charge in [-0.2, -0.15) is 0 Å². The van der Waals surface area contributed by atoms with Gasteiger partial charge in [0.05, 0.1) is 23.9 Å². The van der Waals surface area contributed by atoms with Gasteiger partial charge in [0, 0.05) is 6.92 Å². The van der Waals surface area contributed by atoms with Gasteiger partial charge in [-0.1, -0.05) is 36.4 Å². The Morgan fingerprint density at radius 3 is 2.39 bits per heavy atom. The molecule has 2 amide bonds. The van der Waals surface area contributed by atoms with Crippen molar-refractivity contribution in [1.29, 1.82) is 0 Å². The highest BCUT2D eigenvalue weighted by Gasteiger charge is 2.14. The van der Waals surface area contributed by atoms with Gasteiger partial charge in [-0.3, -0.25) is 9.59 Å². The molecule has 0 fully saturated rings. The molecule has 5 nitrogen and oxygen atoms in total. The van der Waals surface area contributed by atoms with Gasteiger partial charge in [0.25, 0.3) is 0 Å². The minimum absolute atomic E-state index is 0.0581. The number of aliphatic hydroxyl groups excluding tert-OH is 1. The number of carbonyl (C=O) groups excluding carboxylic acids is 2. The topological polar surface area (TPSA) is 78.4 Å². The van der Waals surface area contributed by atoms with Crippen molar-refractivity contribution >= 4 is 23.2 Å². The summed E-state index contributed by atoms with van der Waals surface area (Å²) in [5.41, 5.74) is 2.70. The van der Waals surface area contributed by atoms with Gasteiger partial charge in [-0.15, -0.1) is 0 Å². The zero-order chi connectivity index (χ0) is 16.8. The molecule has 0 bridgehead atoms. The molecule has 0 aliphatic carbocycles. The second-order valence-corrected chi connectivity index (χ2v) is 5.41. The monoisotopic (exact) mass is 312 g/mol. The number of nitrogens with one attached hydrogen (secondary N) is 2. The summed E-state index contributed by atoms with van der Waals surface area (Å²) in [7, 11) is 0. The minimum atomic E-state index is -0.870. The smallest absolute Gasteiger partial charge is 0.227 e. The van der Waals surface area contributed by atoms with Crippen molar-refractivity contribution in [2.75, 3.05) is 10.6 Å². The first-order valence-corrected chi connectivity index (χ1v) is 7.37. The molecule has 0 aromatic heterocycles. The molecule has 0 saturated carbocycles. The number of hydrogen-bond acceptors (Lipinski definition) is 3. The van der Waals surface area contributed by atoms with Crippen molar-refractivity contribution in [3.63, 3.8) is 0 Å². The second-order valence-electron chi connectivity index (χ2n) is 5.41. The maximum absolute atomic E-state index is 12.2. The molecular weight excluding hydrogens is 292 g/mol. The maximum atomic E-state index is 12.2. The van der Waals surface area contributed by atoms with E-state index in [0.717, 1.165) is 5.56 Å². The van der Waals surface area contributed by atoms with Crippen molar-refractivity contribution in [2.45, 2.75) is 26.4 Å². The lowest BCUT2D eigenvalue weighted by Gasteiger charge is -2.14. The van der Waals surface area contributed by atoms with Crippen LogP contribution in [0.25, 0.3) is 0 Å². The van der Waals surface area contributed by atoms with Crippen LogP contribution in [0.3, 0.4) is 0 Å². The highest BCUT2D eigenvalue weighted by Crippen LogP contribution is 2.24. The Labute approximate surface area is 135 Å². The van der Waals surface area contributed by atoms with Gasteiger partial charge in [0.15, 0.2) is 0 Å². The number of rotatable bonds is 5. The van der Waals surface area contributed by atoms with Gasteiger partial charge in [-0.25, -0.2) is 0 Å². The number of anilines is 2. The SMILES string of the molecule is CC(=O)Nc1ccc(C)cc1NC(=O)CC(O)c1ccccc1. The summed E-state index contributed by atoms with van der Waals surface area (Å²) in [5.74, 6) is -0.535. The minimum Gasteiger partial charge on any atom is -0.388 e. The number of aliphatic hydroxyl groups is 1. The fourth-order valence-corrected chi connectivity index (χ4v) is 2.23. The molecule has 120 valence electrons. The highest BCUT2D eigenvalue weighted by atomic mass is 16.3. The van der Waals surface area contributed by atoms with E-state index in [1.165, 1.54) is 6.92 Å². The summed E-state index contributed by atoms with van der Waals surface area (Å²) >= 11 is 0. The fourth-order valence-electron chi connectivity index (χ4n) is 2.23. The summed E-state index contributed by atoms with van der Waals surface area (Å²) in [6.07, 6.45) is -0.928. The first-order valence-electron chi connectivity index (χ1n) is 7.37. The first kappa shape index (κ1) is 16.7. The number of aryl methyl sites for hydroxylation is 1. The van der Waals surface area contributed by atoms with E-state index in [1.807, 2.05) is 31.2 Å². The molecule has 0 spiro atoms. The number of amides is 2. The molecule has 2 aromatic carbocycles. The lowest BCUT2D eigenvalue weighted by molar-refractivity contribution is -0.118. The average Bonchev–Trinajstić information content (AvgIpc) is 2.50. The average molecular weight is 312 g/mol. The van der Waals surface area contributed by atoms with Crippen molar-refractivity contribution in [2.24, 2.45) is 0 Å². The van der Waals surface area contributed by atoms with Crippen LogP contribution >= 0.6 is 0 Å². The van der Waals surface area contributed by atoms with Gasteiger partial charge in [-0.05, 0) is 30.2 Å². The first-order chi connectivity index (χ1) is 11.0. The van der Waals surface area contributed by atoms with Crippen molar-refractivity contribution in [3.8, 4) is 0 Å². The molecular formula is C18H20N2O3. The Morgan fingerprint density at radius 1 is 1.04 bits per heavy atom. The molecule has 5 heteroatoms. The van der Waals surface area contributed by atoms with Gasteiger partial charge >= 0.3 is 0 Å². The van der Waals surface area contributed by atoms with Gasteiger partial charge in [0.2, 0.25) is 11.8 Å². The molecule has 2 aromatic rings. The van der Waals surface area contributed by atoms with Crippen LogP contribution < -0.4 is 10.6 Å². The molecule has 1 atom stereocenters. The number of carbonyl (C=O) groups is 2. The molecule has 0 saturated heterocycles. The normalized spacial score (nSPS) is 11.6. The van der Waals surface area contributed by atoms with Crippen LogP contribution in [0.1, 0.15) is 30.6 Å². The highest BCUT2D eigenvalue weighted by molar-refractivity contribution is 5.99. The second kappa shape index (κ2) is 7.56. The summed E-state index contributed by atoms with van der Waals surface area (Å²) in [4.78, 5) is 23.4. The molecule has 1 unspecified atom stereocenters. The van der Waals surface area contributed by atoms with Gasteiger partial charge in [0.1, 0.15) is 0 Å². The van der Waals surface area contributed by atoms with E-state index in [1.54, 1.807) is 24.3 Å². The Hall–Kier alpha value is -2.66. The largest absolute Gasteiger partial charge is 0.388 e. The molecule has 23 heavy (non-hydrogen) atoms. The van der Waals surface area contributed by atoms with E-state index >= 15 is 0 Å². The number of benzene rings is 2. The Morgan fingerprint density at radius 2 is 1.74 bits per heavy atom. The lowest BCUT2D eigenvalue weighted by Crippen LogP contribution is -2.17. The quantitative estimate of drug-likeness (QED) is 0.794. The van der Waals surface area contributed by atoms with Crippen LogP contribution in [-0.2, 0) is 9.59 Å². The number of hydrogen-bond donors (Lipinski definition) is 3. The zero-order valence-corrected chi connectivity index (χ0v) is 13.2. The van der Waals surface area contributed by atoms with E-state index in [9.17, 15) is 14.7 Å². The van der Waals surface area contributed by atoms with Crippen LogP contribution in [0.15, 0.2) is 48.5 Å². The van der Waals surface area contributed by atoms with Crippen molar-refractivity contribution in [1.82, 2.24) is 0 Å². The van der Waals surface area contributed by atoms with E-state index in [4.69, 9.17) is 0 Å². The third kappa shape index (κ3) is 4.93. The van der Waals surface area contributed by atoms with E-state index in [2.05, 4.69) is 10.6 Å². The summed E-state index contributed by atoms with van der Waals surface area (Å²) in [5, 5.41) is 15.5. The maximum Gasteiger partial charge on any atom is 0.227 e. The van der Waals surface area contributed by atoms with Crippen molar-refractivity contribution in [3.05, 3.63) is 59.7 Å². The Bertz CT molecular complexity index is 699. The molecule has 3 N–H and O–H groups in total. The summed E-state index contributed by atoms with van der Waals surface area (Å²) in [6.45, 7) is 3.30. The Balaban J connectivity index is 2.08. The van der Waals surface area contributed by atoms with Crippen LogP contribution in [0.2, 0.25) is 0 Å². The predicted molar refractivity (Wildman–Crippen MR) is 90.1 cm³/mol. The zero-order valence-electron chi connectivity index (χ0n) is 13.2. The molecule has 2 rings (SSSR count). The van der Waals surface area contributed by atoms with Crippen molar-refractivity contribution < 1.29 is 14.7 Å². The van der Waals surface area contributed by atoms with E-state index in [0.29, 0.717) is 16.9 Å². The van der Waals surface area contributed by atoms with Crippen LogP contribution in [-0.4, -0.2) is 16.9 Å². The van der Waals surface area contributed by atoms with Crippen LogP contribution in [0.5, 0.6) is 0 Å². The third-order valence-corrected chi connectivity index (χ3v) is 3.32. The molecule has 0 heterocycles. The predicted octanol–water partition coefficient (Wildman–Crippen LogP) is 3.02. The van der Waals surface area contributed by atoms with Crippen LogP contribution in [0.4, 0.5) is 11.4 Å². The molecule has 0 aliphatic heterocycles. The van der Waals surface area contributed by atoms with E-state index < -0.39 is 6.10 Å². The Kier molecular flexibility index (Phi) is 5.49. The standard InChI is InChI=1S/C18H20N2O3/c1-12-8-9-15(19-13(2)21)16(10-12)20-18(23)11-17(22)14-6-4-3-5-7-14/h3-10,17,22H,11H2,1-2H3,(H,19,21)(H,20,23). The summed E-state index contributed by atoms with van der Waals surface area (Å²) in [6, 6.07) is 14.4. The lowest BCUT2D eigenvalue weighted by atomic mass is 10.1. The van der Waals surface area contributed by atoms with Gasteiger partial charge < -0.3 is 15.7 Å². The fraction of sp³-hybridized carbons (Fsp3) is 0.222. The van der Waals surface area contributed by atoms with E-state index in [-0.39, 0.29) is 18.2 Å². The van der Waals surface area contributed by atoms with Crippen LogP contribution in [0, 0.1) is 6.92 Å².